The van der Waals surface area contributed by atoms with Gasteiger partial charge in [0.15, 0.2) is 5.17 Å². The maximum absolute atomic E-state index is 12.9. The van der Waals surface area contributed by atoms with Gasteiger partial charge in [0.05, 0.1) is 32.8 Å². The van der Waals surface area contributed by atoms with Crippen molar-refractivity contribution < 1.29 is 9.53 Å². The van der Waals surface area contributed by atoms with Crippen molar-refractivity contribution in [3.8, 4) is 5.75 Å². The van der Waals surface area contributed by atoms with Crippen molar-refractivity contribution in [2.45, 2.75) is 6.61 Å². The Morgan fingerprint density at radius 1 is 1.03 bits per heavy atom. The molecular formula is C24H14BrCl3I2N2O2S. The minimum atomic E-state index is -0.109. The van der Waals surface area contributed by atoms with Crippen LogP contribution in [0.2, 0.25) is 15.1 Å². The maximum atomic E-state index is 12.9. The SMILES string of the molecule is CN1C(=O)/C(=C\c2cc(I)c(OCc3ccc(Cl)c(Cl)c3)c(I)c2)SC1=Nc1ccc(Br)c(Cl)c1. The first-order valence-corrected chi connectivity index (χ1v) is 14.8. The number of carbonyl (C=O) groups excluding carboxylic acids is 1. The summed E-state index contributed by atoms with van der Waals surface area (Å²) in [7, 11) is 1.71. The summed E-state index contributed by atoms with van der Waals surface area (Å²) in [5.74, 6) is 0.665. The van der Waals surface area contributed by atoms with Crippen LogP contribution in [0.4, 0.5) is 5.69 Å². The highest BCUT2D eigenvalue weighted by Gasteiger charge is 2.30. The number of hydrogen-bond acceptors (Lipinski definition) is 4. The van der Waals surface area contributed by atoms with E-state index in [1.807, 2.05) is 36.4 Å². The summed E-state index contributed by atoms with van der Waals surface area (Å²) >= 11 is 27.4. The third kappa shape index (κ3) is 6.69. The standard InChI is InChI=1S/C24H14BrCl3I2N2O2S/c1-32-23(33)21(35-24(32)31-14-3-4-15(25)17(27)10-14)9-13-7-19(29)22(20(30)8-13)34-11-12-2-5-16(26)18(28)6-12/h2-10H,11H2,1H3/b21-9+,31-24?. The number of rotatable bonds is 5. The van der Waals surface area contributed by atoms with Gasteiger partial charge in [-0.1, -0.05) is 40.9 Å². The van der Waals surface area contributed by atoms with E-state index in [1.54, 1.807) is 25.2 Å². The van der Waals surface area contributed by atoms with E-state index < -0.39 is 0 Å². The number of amides is 1. The van der Waals surface area contributed by atoms with Crippen LogP contribution in [-0.4, -0.2) is 23.0 Å². The van der Waals surface area contributed by atoms with Crippen molar-refractivity contribution >= 4 is 131 Å². The van der Waals surface area contributed by atoms with Gasteiger partial charge in [0, 0.05) is 11.5 Å². The van der Waals surface area contributed by atoms with Crippen molar-refractivity contribution in [2.24, 2.45) is 4.99 Å². The van der Waals surface area contributed by atoms with Crippen molar-refractivity contribution in [3.05, 3.63) is 91.2 Å². The van der Waals surface area contributed by atoms with Crippen LogP contribution in [0, 0.1) is 7.14 Å². The van der Waals surface area contributed by atoms with Crippen molar-refractivity contribution in [3.63, 3.8) is 0 Å². The Balaban J connectivity index is 1.53. The number of carbonyl (C=O) groups is 1. The van der Waals surface area contributed by atoms with Crippen LogP contribution in [0.15, 0.2) is 62.9 Å². The highest BCUT2D eigenvalue weighted by Crippen LogP contribution is 2.36. The van der Waals surface area contributed by atoms with Crippen LogP contribution >= 0.6 is 108 Å². The van der Waals surface area contributed by atoms with E-state index in [0.717, 1.165) is 28.5 Å². The predicted molar refractivity (Wildman–Crippen MR) is 167 cm³/mol. The summed E-state index contributed by atoms with van der Waals surface area (Å²) in [6.45, 7) is 0.363. The lowest BCUT2D eigenvalue weighted by Crippen LogP contribution is -2.23. The second-order valence-electron chi connectivity index (χ2n) is 7.32. The van der Waals surface area contributed by atoms with E-state index in [4.69, 9.17) is 39.5 Å². The van der Waals surface area contributed by atoms with E-state index >= 15 is 0 Å². The zero-order chi connectivity index (χ0) is 25.3. The number of aliphatic imine (C=N–C) groups is 1. The molecule has 4 rings (SSSR count). The molecule has 1 amide bonds. The fraction of sp³-hybridized carbons (Fsp3) is 0.0833. The number of benzene rings is 3. The van der Waals surface area contributed by atoms with Crippen molar-refractivity contribution in [2.75, 3.05) is 7.05 Å². The second kappa shape index (κ2) is 11.9. The number of amidine groups is 1. The van der Waals surface area contributed by atoms with Gasteiger partial charge in [0.25, 0.3) is 5.91 Å². The van der Waals surface area contributed by atoms with Crippen LogP contribution in [0.1, 0.15) is 11.1 Å². The quantitative estimate of drug-likeness (QED) is 0.190. The van der Waals surface area contributed by atoms with Crippen LogP contribution < -0.4 is 4.74 Å². The molecule has 0 saturated carbocycles. The molecule has 0 aromatic heterocycles. The van der Waals surface area contributed by atoms with Gasteiger partial charge in [-0.15, -0.1) is 0 Å². The van der Waals surface area contributed by atoms with Gasteiger partial charge in [-0.25, -0.2) is 4.99 Å². The van der Waals surface area contributed by atoms with E-state index in [9.17, 15) is 4.79 Å². The lowest BCUT2D eigenvalue weighted by Gasteiger charge is -2.12. The molecule has 0 aliphatic carbocycles. The topological polar surface area (TPSA) is 41.9 Å². The molecule has 4 nitrogen and oxygen atoms in total. The van der Waals surface area contributed by atoms with E-state index in [0.29, 0.717) is 37.4 Å². The van der Waals surface area contributed by atoms with Gasteiger partial charge in [0.1, 0.15) is 12.4 Å². The summed E-state index contributed by atoms with van der Waals surface area (Å²) < 4.78 is 8.72. The first-order chi connectivity index (χ1) is 16.6. The Morgan fingerprint density at radius 3 is 2.40 bits per heavy atom. The van der Waals surface area contributed by atoms with Gasteiger partial charge >= 0.3 is 0 Å². The Morgan fingerprint density at radius 2 is 1.74 bits per heavy atom. The Labute approximate surface area is 257 Å². The highest BCUT2D eigenvalue weighted by molar-refractivity contribution is 14.1. The average molecular weight is 835 g/mol. The molecule has 1 heterocycles. The molecule has 3 aromatic rings. The van der Waals surface area contributed by atoms with Crippen LogP contribution in [-0.2, 0) is 11.4 Å². The number of nitrogens with zero attached hydrogens (tertiary/aromatic N) is 2. The zero-order valence-corrected chi connectivity index (χ0v) is 26.8. The summed E-state index contributed by atoms with van der Waals surface area (Å²) in [5, 5.41) is 2.15. The third-order valence-electron chi connectivity index (χ3n) is 4.82. The summed E-state index contributed by atoms with van der Waals surface area (Å²) in [5.41, 5.74) is 2.50. The van der Waals surface area contributed by atoms with E-state index in [1.165, 1.54) is 16.7 Å². The first kappa shape index (κ1) is 27.5. The molecule has 0 unspecified atom stereocenters. The zero-order valence-electron chi connectivity index (χ0n) is 17.8. The van der Waals surface area contributed by atoms with Gasteiger partial charge in [0.2, 0.25) is 0 Å². The molecule has 1 saturated heterocycles. The fourth-order valence-corrected chi connectivity index (χ4v) is 6.91. The monoisotopic (exact) mass is 832 g/mol. The molecule has 3 aromatic carbocycles. The smallest absolute Gasteiger partial charge is 0.266 e. The molecule has 1 fully saturated rings. The lowest BCUT2D eigenvalue weighted by atomic mass is 10.2. The maximum Gasteiger partial charge on any atom is 0.266 e. The molecular weight excluding hydrogens is 820 g/mol. The summed E-state index contributed by atoms with van der Waals surface area (Å²) in [4.78, 5) is 19.6. The normalized spacial score (nSPS) is 16.0. The molecule has 0 N–H and O–H groups in total. The molecule has 1 aliphatic rings. The molecule has 0 bridgehead atoms. The Hall–Kier alpha value is -0.500. The molecule has 180 valence electrons. The lowest BCUT2D eigenvalue weighted by molar-refractivity contribution is -0.121. The molecule has 11 heteroatoms. The predicted octanol–water partition coefficient (Wildman–Crippen LogP) is 9.43. The molecule has 1 aliphatic heterocycles. The number of hydrogen-bond donors (Lipinski definition) is 0. The Bertz CT molecular complexity index is 1380. The van der Waals surface area contributed by atoms with Gasteiger partial charge in [-0.3, -0.25) is 9.69 Å². The van der Waals surface area contributed by atoms with Gasteiger partial charge in [-0.05, 0) is 133 Å². The fourth-order valence-electron chi connectivity index (χ4n) is 3.05. The number of thioether (sulfide) groups is 1. The largest absolute Gasteiger partial charge is 0.487 e. The van der Waals surface area contributed by atoms with Crippen LogP contribution in [0.3, 0.4) is 0 Å². The molecule has 0 atom stereocenters. The van der Waals surface area contributed by atoms with Crippen LogP contribution in [0.25, 0.3) is 6.08 Å². The molecule has 0 spiro atoms. The average Bonchev–Trinajstić information content (AvgIpc) is 3.05. The van der Waals surface area contributed by atoms with Crippen molar-refractivity contribution in [1.82, 2.24) is 4.90 Å². The summed E-state index contributed by atoms with van der Waals surface area (Å²) in [6.07, 6.45) is 1.87. The third-order valence-corrected chi connectivity index (χ3v) is 9.45. The van der Waals surface area contributed by atoms with E-state index in [-0.39, 0.29) is 5.91 Å². The summed E-state index contributed by atoms with van der Waals surface area (Å²) in [6, 6.07) is 14.8. The Kier molecular flexibility index (Phi) is 9.37. The van der Waals surface area contributed by atoms with Gasteiger partial charge < -0.3 is 4.74 Å². The first-order valence-electron chi connectivity index (χ1n) is 9.89. The minimum Gasteiger partial charge on any atom is -0.487 e. The van der Waals surface area contributed by atoms with Crippen LogP contribution in [0.5, 0.6) is 5.75 Å². The minimum absolute atomic E-state index is 0.109. The second-order valence-corrected chi connectivity index (χ2v) is 12.7. The number of halogens is 6. The van der Waals surface area contributed by atoms with Crippen molar-refractivity contribution in [1.29, 1.82) is 0 Å². The number of ether oxygens (including phenoxy) is 1. The van der Waals surface area contributed by atoms with Gasteiger partial charge in [-0.2, -0.15) is 0 Å². The van der Waals surface area contributed by atoms with E-state index in [2.05, 4.69) is 66.1 Å². The number of likely N-dealkylation sites (N-methyl/N-ethyl adjacent to an activating group) is 1. The molecule has 0 radical (unpaired) electrons. The highest BCUT2D eigenvalue weighted by atomic mass is 127. The molecule has 35 heavy (non-hydrogen) atoms.